The lowest BCUT2D eigenvalue weighted by molar-refractivity contribution is -0.137. The van der Waals surface area contributed by atoms with Crippen molar-refractivity contribution in [2.75, 3.05) is 18.6 Å². The number of nitrogens with zero attached hydrogens (tertiary/aromatic N) is 1. The molecule has 0 aromatic heterocycles. The Morgan fingerprint density at radius 3 is 2.46 bits per heavy atom. The Bertz CT molecular complexity index is 787. The minimum Gasteiger partial charge on any atom is -0.508 e. The fourth-order valence-corrected chi connectivity index (χ4v) is 2.58. The van der Waals surface area contributed by atoms with Crippen LogP contribution in [-0.2, 0) is 9.59 Å². The lowest BCUT2D eigenvalue weighted by Gasteiger charge is -2.21. The number of rotatable bonds is 5. The number of benzene rings is 2. The van der Waals surface area contributed by atoms with Gasteiger partial charge in [0, 0.05) is 18.3 Å². The number of anilines is 1. The first-order valence-electron chi connectivity index (χ1n) is 8.44. The van der Waals surface area contributed by atoms with Crippen molar-refractivity contribution in [2.45, 2.75) is 26.8 Å². The summed E-state index contributed by atoms with van der Waals surface area (Å²) in [7, 11) is 1.51. The third kappa shape index (κ3) is 4.53. The highest BCUT2D eigenvalue weighted by Gasteiger charge is 2.23. The van der Waals surface area contributed by atoms with Gasteiger partial charge in [0.1, 0.15) is 11.5 Å². The quantitative estimate of drug-likeness (QED) is 0.808. The number of carbonyl (C=O) groups excluding carboxylic acids is 2. The molecule has 26 heavy (non-hydrogen) atoms. The minimum absolute atomic E-state index is 0.0931. The van der Waals surface area contributed by atoms with Gasteiger partial charge >= 0.3 is 11.8 Å². The van der Waals surface area contributed by atoms with E-state index in [9.17, 15) is 14.7 Å². The van der Waals surface area contributed by atoms with Gasteiger partial charge < -0.3 is 20.1 Å². The van der Waals surface area contributed by atoms with Crippen molar-refractivity contribution in [2.24, 2.45) is 0 Å². The largest absolute Gasteiger partial charge is 0.508 e. The molecular weight excluding hydrogens is 332 g/mol. The minimum atomic E-state index is -0.711. The van der Waals surface area contributed by atoms with Gasteiger partial charge in [-0.05, 0) is 51.1 Å². The van der Waals surface area contributed by atoms with E-state index >= 15 is 0 Å². The summed E-state index contributed by atoms with van der Waals surface area (Å²) in [4.78, 5) is 26.0. The van der Waals surface area contributed by atoms with E-state index in [0.717, 1.165) is 11.1 Å². The van der Waals surface area contributed by atoms with Gasteiger partial charge in [-0.25, -0.2) is 0 Å². The van der Waals surface area contributed by atoms with Crippen LogP contribution in [0.25, 0.3) is 0 Å². The molecule has 6 heteroatoms. The van der Waals surface area contributed by atoms with Gasteiger partial charge in [0.15, 0.2) is 0 Å². The van der Waals surface area contributed by atoms with Crippen LogP contribution in [0.1, 0.15) is 31.0 Å². The van der Waals surface area contributed by atoms with Crippen LogP contribution in [0.5, 0.6) is 11.5 Å². The summed E-state index contributed by atoms with van der Waals surface area (Å²) in [6.45, 7) is 6.17. The lowest BCUT2D eigenvalue weighted by Crippen LogP contribution is -2.42. The molecule has 0 aliphatic rings. The zero-order valence-electron chi connectivity index (χ0n) is 15.4. The number of likely N-dealkylation sites (N-methyl/N-ethyl adjacent to an activating group) is 1. The van der Waals surface area contributed by atoms with E-state index in [0.29, 0.717) is 18.0 Å². The van der Waals surface area contributed by atoms with Gasteiger partial charge in [-0.1, -0.05) is 17.7 Å². The summed E-state index contributed by atoms with van der Waals surface area (Å²) in [6.07, 6.45) is 0. The van der Waals surface area contributed by atoms with Gasteiger partial charge in [0.05, 0.1) is 12.6 Å². The van der Waals surface area contributed by atoms with Crippen molar-refractivity contribution in [1.82, 2.24) is 5.32 Å². The van der Waals surface area contributed by atoms with Crippen LogP contribution in [0.4, 0.5) is 5.69 Å². The number of aromatic hydroxyl groups is 1. The van der Waals surface area contributed by atoms with Crippen LogP contribution in [0.3, 0.4) is 0 Å². The molecule has 2 aromatic carbocycles. The van der Waals surface area contributed by atoms with E-state index in [4.69, 9.17) is 4.74 Å². The van der Waals surface area contributed by atoms with Gasteiger partial charge in [-0.3, -0.25) is 9.59 Å². The van der Waals surface area contributed by atoms with Gasteiger partial charge in [0.25, 0.3) is 0 Å². The number of nitrogens with one attached hydrogen (secondary N) is 1. The molecule has 2 N–H and O–H groups in total. The van der Waals surface area contributed by atoms with Gasteiger partial charge in [-0.2, -0.15) is 0 Å². The number of phenols is 1. The number of carbonyl (C=O) groups is 2. The van der Waals surface area contributed by atoms with Crippen molar-refractivity contribution in [3.63, 3.8) is 0 Å². The van der Waals surface area contributed by atoms with Crippen LogP contribution in [0.15, 0.2) is 42.5 Å². The molecule has 138 valence electrons. The van der Waals surface area contributed by atoms with E-state index in [2.05, 4.69) is 5.32 Å². The molecule has 0 aliphatic heterocycles. The predicted octanol–water partition coefficient (Wildman–Crippen LogP) is 2.94. The summed E-state index contributed by atoms with van der Waals surface area (Å²) in [6, 6.07) is 11.4. The Hall–Kier alpha value is -3.02. The first-order valence-corrected chi connectivity index (χ1v) is 8.44. The van der Waals surface area contributed by atoms with E-state index in [1.807, 2.05) is 39.0 Å². The molecule has 6 nitrogen and oxygen atoms in total. The molecule has 0 saturated heterocycles. The molecule has 1 atom stereocenters. The van der Waals surface area contributed by atoms with E-state index < -0.39 is 11.8 Å². The van der Waals surface area contributed by atoms with Crippen molar-refractivity contribution < 1.29 is 19.4 Å². The molecule has 0 saturated carbocycles. The molecule has 2 amide bonds. The predicted molar refractivity (Wildman–Crippen MR) is 100 cm³/mol. The molecular formula is C20H24N2O4. The molecule has 0 aliphatic carbocycles. The monoisotopic (exact) mass is 356 g/mol. The average Bonchev–Trinajstić information content (AvgIpc) is 2.62. The summed E-state index contributed by atoms with van der Waals surface area (Å²) >= 11 is 0. The Labute approximate surface area is 153 Å². The molecule has 0 fully saturated rings. The summed E-state index contributed by atoms with van der Waals surface area (Å²) in [5, 5.41) is 12.1. The zero-order valence-corrected chi connectivity index (χ0v) is 15.4. The second-order valence-corrected chi connectivity index (χ2v) is 6.05. The summed E-state index contributed by atoms with van der Waals surface area (Å²) in [5.74, 6) is -0.619. The first-order chi connectivity index (χ1) is 12.3. The number of aryl methyl sites for hydroxylation is 1. The van der Waals surface area contributed by atoms with Crippen LogP contribution in [0, 0.1) is 6.92 Å². The van der Waals surface area contributed by atoms with E-state index in [-0.39, 0.29) is 11.8 Å². The maximum absolute atomic E-state index is 12.4. The smallest absolute Gasteiger partial charge is 0.316 e. The van der Waals surface area contributed by atoms with Gasteiger partial charge in [-0.15, -0.1) is 0 Å². The Balaban J connectivity index is 2.12. The van der Waals surface area contributed by atoms with Crippen molar-refractivity contribution >= 4 is 17.5 Å². The molecule has 2 rings (SSSR count). The van der Waals surface area contributed by atoms with Crippen LogP contribution in [-0.4, -0.2) is 30.6 Å². The Morgan fingerprint density at radius 2 is 1.85 bits per heavy atom. The third-order valence-electron chi connectivity index (χ3n) is 4.02. The number of ether oxygens (including phenoxy) is 1. The average molecular weight is 356 g/mol. The highest BCUT2D eigenvalue weighted by atomic mass is 16.5. The molecule has 0 radical (unpaired) electrons. The third-order valence-corrected chi connectivity index (χ3v) is 4.02. The zero-order chi connectivity index (χ0) is 19.3. The standard InChI is InChI=1S/C20H24N2O4/c1-5-26-18-11-6-13(2)12-17(18)14(3)21-19(24)20(25)22(4)15-7-9-16(23)10-8-15/h6-12,14,23H,5H2,1-4H3,(H,21,24). The van der Waals surface area contributed by atoms with E-state index in [1.54, 1.807) is 12.1 Å². The molecule has 1 unspecified atom stereocenters. The lowest BCUT2D eigenvalue weighted by atomic mass is 10.0. The van der Waals surface area contributed by atoms with Crippen LogP contribution in [0.2, 0.25) is 0 Å². The second kappa shape index (κ2) is 8.38. The topological polar surface area (TPSA) is 78.9 Å². The fourth-order valence-electron chi connectivity index (χ4n) is 2.58. The SMILES string of the molecule is CCOc1ccc(C)cc1C(C)NC(=O)C(=O)N(C)c1ccc(O)cc1. The van der Waals surface area contributed by atoms with Crippen molar-refractivity contribution in [1.29, 1.82) is 0 Å². The Kier molecular flexibility index (Phi) is 6.22. The van der Waals surface area contributed by atoms with Crippen molar-refractivity contribution in [3.8, 4) is 11.5 Å². The number of phenolic OH excluding ortho intramolecular Hbond substituents is 1. The second-order valence-electron chi connectivity index (χ2n) is 6.05. The van der Waals surface area contributed by atoms with Crippen molar-refractivity contribution in [3.05, 3.63) is 53.6 Å². The molecule has 0 spiro atoms. The normalized spacial score (nSPS) is 11.5. The Morgan fingerprint density at radius 1 is 1.19 bits per heavy atom. The summed E-state index contributed by atoms with van der Waals surface area (Å²) < 4.78 is 5.61. The molecule has 0 heterocycles. The fraction of sp³-hybridized carbons (Fsp3) is 0.300. The number of hydrogen-bond acceptors (Lipinski definition) is 4. The van der Waals surface area contributed by atoms with Crippen LogP contribution >= 0.6 is 0 Å². The highest BCUT2D eigenvalue weighted by molar-refractivity contribution is 6.40. The molecule has 2 aromatic rings. The van der Waals surface area contributed by atoms with E-state index in [1.165, 1.54) is 24.1 Å². The number of hydrogen-bond donors (Lipinski definition) is 2. The number of amides is 2. The summed E-state index contributed by atoms with van der Waals surface area (Å²) in [5.41, 5.74) is 2.37. The maximum Gasteiger partial charge on any atom is 0.316 e. The van der Waals surface area contributed by atoms with Crippen LogP contribution < -0.4 is 15.0 Å². The highest BCUT2D eigenvalue weighted by Crippen LogP contribution is 2.26. The molecule has 0 bridgehead atoms. The maximum atomic E-state index is 12.4. The van der Waals surface area contributed by atoms with Gasteiger partial charge in [0.2, 0.25) is 0 Å². The first kappa shape index (κ1) is 19.3.